The number of hydrogen-bond acceptors (Lipinski definition) is 4. The quantitative estimate of drug-likeness (QED) is 0.637. The molecule has 2 aliphatic rings. The fourth-order valence-corrected chi connectivity index (χ4v) is 3.67. The van der Waals surface area contributed by atoms with E-state index in [1.807, 2.05) is 24.3 Å². The topological polar surface area (TPSA) is 59.8 Å². The molecule has 0 saturated heterocycles. The largest absolute Gasteiger partial charge is 0.481 e. The average Bonchev–Trinajstić information content (AvgIpc) is 3.15. The molecular weight excluding hydrogens is 318 g/mol. The number of rotatable bonds is 3. The highest BCUT2D eigenvalue weighted by Crippen LogP contribution is 2.29. The molecule has 1 aromatic heterocycles. The SMILES string of the molecule is CC(Oc1ccc2c3c(c(=O)oc2c1)CCCC3)C(=O)N1CC=CC1. The highest BCUT2D eigenvalue weighted by molar-refractivity contribution is 5.84. The maximum atomic E-state index is 12.3. The smallest absolute Gasteiger partial charge is 0.339 e. The molecule has 1 aliphatic carbocycles. The van der Waals surface area contributed by atoms with E-state index in [9.17, 15) is 9.59 Å². The summed E-state index contributed by atoms with van der Waals surface area (Å²) in [7, 11) is 0. The molecule has 0 spiro atoms. The Labute approximate surface area is 145 Å². The minimum absolute atomic E-state index is 0.0445. The van der Waals surface area contributed by atoms with Crippen LogP contribution in [-0.4, -0.2) is 30.0 Å². The van der Waals surface area contributed by atoms with Crippen molar-refractivity contribution in [2.75, 3.05) is 13.1 Å². The van der Waals surface area contributed by atoms with E-state index in [0.717, 1.165) is 42.2 Å². The number of ether oxygens (including phenoxy) is 1. The third-order valence-electron chi connectivity index (χ3n) is 4.99. The van der Waals surface area contributed by atoms with Gasteiger partial charge in [0.25, 0.3) is 5.91 Å². The zero-order valence-corrected chi connectivity index (χ0v) is 14.3. The van der Waals surface area contributed by atoms with E-state index in [2.05, 4.69) is 0 Å². The molecule has 1 aromatic carbocycles. The Morgan fingerprint density at radius 1 is 1.16 bits per heavy atom. The van der Waals surface area contributed by atoms with E-state index in [1.54, 1.807) is 17.9 Å². The summed E-state index contributed by atoms with van der Waals surface area (Å²) < 4.78 is 11.3. The first-order valence-corrected chi connectivity index (χ1v) is 8.82. The van der Waals surface area contributed by atoms with Crippen LogP contribution in [0, 0.1) is 0 Å². The summed E-state index contributed by atoms with van der Waals surface area (Å²) in [4.78, 5) is 26.3. The van der Waals surface area contributed by atoms with Crippen LogP contribution < -0.4 is 10.4 Å². The zero-order valence-electron chi connectivity index (χ0n) is 14.3. The van der Waals surface area contributed by atoms with Crippen LogP contribution in [0.3, 0.4) is 0 Å². The lowest BCUT2D eigenvalue weighted by Crippen LogP contribution is -2.38. The van der Waals surface area contributed by atoms with Gasteiger partial charge in [0.1, 0.15) is 11.3 Å². The Morgan fingerprint density at radius 2 is 1.88 bits per heavy atom. The van der Waals surface area contributed by atoms with Gasteiger partial charge in [-0.15, -0.1) is 0 Å². The molecule has 5 heteroatoms. The second-order valence-electron chi connectivity index (χ2n) is 6.69. The number of nitrogens with zero attached hydrogens (tertiary/aromatic N) is 1. The van der Waals surface area contributed by atoms with Gasteiger partial charge in [0, 0.05) is 30.1 Å². The molecule has 0 saturated carbocycles. The fourth-order valence-electron chi connectivity index (χ4n) is 3.67. The van der Waals surface area contributed by atoms with Crippen LogP contribution in [0.2, 0.25) is 0 Å². The lowest BCUT2D eigenvalue weighted by atomic mass is 9.91. The van der Waals surface area contributed by atoms with Crippen LogP contribution >= 0.6 is 0 Å². The predicted molar refractivity (Wildman–Crippen MR) is 94.9 cm³/mol. The maximum absolute atomic E-state index is 12.3. The van der Waals surface area contributed by atoms with E-state index in [1.165, 1.54) is 0 Å². The molecule has 1 unspecified atom stereocenters. The Balaban J connectivity index is 1.61. The van der Waals surface area contributed by atoms with E-state index in [0.29, 0.717) is 24.4 Å². The normalized spacial score (nSPS) is 17.6. The van der Waals surface area contributed by atoms with Gasteiger partial charge < -0.3 is 14.1 Å². The molecule has 0 radical (unpaired) electrons. The van der Waals surface area contributed by atoms with Gasteiger partial charge in [-0.25, -0.2) is 4.79 Å². The van der Waals surface area contributed by atoms with Gasteiger partial charge in [0.05, 0.1) is 0 Å². The molecule has 2 heterocycles. The summed E-state index contributed by atoms with van der Waals surface area (Å²) in [6, 6.07) is 5.51. The average molecular weight is 339 g/mol. The second-order valence-corrected chi connectivity index (χ2v) is 6.69. The van der Waals surface area contributed by atoms with Crippen LogP contribution in [0.15, 0.2) is 39.6 Å². The van der Waals surface area contributed by atoms with Crippen LogP contribution in [0.4, 0.5) is 0 Å². The minimum atomic E-state index is -0.582. The Bertz CT molecular complexity index is 904. The first kappa shape index (κ1) is 15.9. The van der Waals surface area contributed by atoms with Crippen molar-refractivity contribution in [2.45, 2.75) is 38.7 Å². The predicted octanol–water partition coefficient (Wildman–Crippen LogP) is 2.84. The van der Waals surface area contributed by atoms with E-state index in [4.69, 9.17) is 9.15 Å². The van der Waals surface area contributed by atoms with E-state index in [-0.39, 0.29) is 11.5 Å². The van der Waals surface area contributed by atoms with Crippen molar-refractivity contribution in [3.8, 4) is 5.75 Å². The van der Waals surface area contributed by atoms with Crippen molar-refractivity contribution in [2.24, 2.45) is 0 Å². The van der Waals surface area contributed by atoms with E-state index >= 15 is 0 Å². The Morgan fingerprint density at radius 3 is 2.64 bits per heavy atom. The zero-order chi connectivity index (χ0) is 17.4. The summed E-state index contributed by atoms with van der Waals surface area (Å²) in [5, 5.41) is 0.976. The molecular formula is C20H21NO4. The summed E-state index contributed by atoms with van der Waals surface area (Å²) in [5.41, 5.74) is 2.21. The van der Waals surface area contributed by atoms with Crippen molar-refractivity contribution in [3.05, 3.63) is 51.9 Å². The highest BCUT2D eigenvalue weighted by atomic mass is 16.5. The van der Waals surface area contributed by atoms with Gasteiger partial charge in [-0.1, -0.05) is 12.2 Å². The van der Waals surface area contributed by atoms with Crippen LogP contribution in [0.5, 0.6) is 5.75 Å². The number of carbonyl (C=O) groups excluding carboxylic acids is 1. The van der Waals surface area contributed by atoms with Gasteiger partial charge in [0.2, 0.25) is 0 Å². The van der Waals surface area contributed by atoms with Crippen molar-refractivity contribution in [1.29, 1.82) is 0 Å². The molecule has 1 atom stereocenters. The van der Waals surface area contributed by atoms with Crippen molar-refractivity contribution in [3.63, 3.8) is 0 Å². The summed E-state index contributed by atoms with van der Waals surface area (Å²) >= 11 is 0. The van der Waals surface area contributed by atoms with Crippen LogP contribution in [0.1, 0.15) is 30.9 Å². The molecule has 130 valence electrons. The Kier molecular flexibility index (Phi) is 4.07. The number of fused-ring (bicyclic) bond motifs is 3. The molecule has 25 heavy (non-hydrogen) atoms. The summed E-state index contributed by atoms with van der Waals surface area (Å²) in [6.07, 6.45) is 7.20. The van der Waals surface area contributed by atoms with Gasteiger partial charge >= 0.3 is 5.63 Å². The standard InChI is InChI=1S/C20H21NO4/c1-13(19(22)21-10-4-5-11-21)24-14-8-9-16-15-6-2-3-7-17(15)20(23)25-18(16)12-14/h4-5,8-9,12-13H,2-3,6-7,10-11H2,1H3. The van der Waals surface area contributed by atoms with Crippen LogP contribution in [-0.2, 0) is 17.6 Å². The number of hydrogen-bond donors (Lipinski definition) is 0. The summed E-state index contributed by atoms with van der Waals surface area (Å²) in [6.45, 7) is 3.00. The van der Waals surface area contributed by atoms with Gasteiger partial charge in [0.15, 0.2) is 6.10 Å². The molecule has 0 N–H and O–H groups in total. The van der Waals surface area contributed by atoms with Crippen molar-refractivity contribution in [1.82, 2.24) is 4.90 Å². The summed E-state index contributed by atoms with van der Waals surface area (Å²) in [5.74, 6) is 0.497. The molecule has 1 amide bonds. The lowest BCUT2D eigenvalue weighted by Gasteiger charge is -2.21. The van der Waals surface area contributed by atoms with Gasteiger partial charge in [-0.3, -0.25) is 4.79 Å². The number of benzene rings is 1. The molecule has 2 aromatic rings. The maximum Gasteiger partial charge on any atom is 0.339 e. The number of carbonyl (C=O) groups is 1. The van der Waals surface area contributed by atoms with Crippen LogP contribution in [0.25, 0.3) is 11.0 Å². The first-order valence-electron chi connectivity index (χ1n) is 8.82. The van der Waals surface area contributed by atoms with E-state index < -0.39 is 6.10 Å². The third kappa shape index (κ3) is 2.95. The molecule has 4 rings (SSSR count). The highest BCUT2D eigenvalue weighted by Gasteiger charge is 2.23. The molecule has 5 nitrogen and oxygen atoms in total. The Hall–Kier alpha value is -2.56. The molecule has 1 aliphatic heterocycles. The first-order chi connectivity index (χ1) is 12.1. The minimum Gasteiger partial charge on any atom is -0.481 e. The lowest BCUT2D eigenvalue weighted by molar-refractivity contribution is -0.136. The molecule has 0 fully saturated rings. The molecule has 0 bridgehead atoms. The van der Waals surface area contributed by atoms with Gasteiger partial charge in [-0.2, -0.15) is 0 Å². The number of amides is 1. The second kappa shape index (κ2) is 6.39. The third-order valence-corrected chi connectivity index (χ3v) is 4.99. The number of aryl methyl sites for hydroxylation is 1. The van der Waals surface area contributed by atoms with Crippen molar-refractivity contribution >= 4 is 16.9 Å². The van der Waals surface area contributed by atoms with Crippen molar-refractivity contribution < 1.29 is 13.9 Å². The fraction of sp³-hybridized carbons (Fsp3) is 0.400. The van der Waals surface area contributed by atoms with Gasteiger partial charge in [-0.05, 0) is 50.3 Å². The monoisotopic (exact) mass is 339 g/mol.